The number of imidazole rings is 1. The van der Waals surface area contributed by atoms with E-state index in [0.717, 1.165) is 54.2 Å². The van der Waals surface area contributed by atoms with Crippen molar-refractivity contribution < 1.29 is 9.53 Å². The number of nitrogens with one attached hydrogen (secondary N) is 2. The molecule has 2 aromatic heterocycles. The van der Waals surface area contributed by atoms with E-state index in [0.29, 0.717) is 5.02 Å². The maximum absolute atomic E-state index is 11.3. The minimum atomic E-state index is -0.0997. The molecule has 1 amide bonds. The van der Waals surface area contributed by atoms with Gasteiger partial charge >= 0.3 is 0 Å². The molecule has 0 unspecified atom stereocenters. The average Bonchev–Trinajstić information content (AvgIpc) is 3.16. The zero-order chi connectivity index (χ0) is 19.5. The molecule has 0 aliphatic carbocycles. The summed E-state index contributed by atoms with van der Waals surface area (Å²) < 4.78 is 5.67. The molecule has 1 fully saturated rings. The summed E-state index contributed by atoms with van der Waals surface area (Å²) in [6, 6.07) is 9.87. The number of halogens is 1. The number of carbonyl (C=O) groups excluding carboxylic acids is 1. The number of hydrogen-bond donors (Lipinski definition) is 2. The van der Waals surface area contributed by atoms with Gasteiger partial charge in [0.1, 0.15) is 18.2 Å². The smallest absolute Gasteiger partial charge is 0.245 e. The topological polar surface area (TPSA) is 83.1 Å². The first-order valence-electron chi connectivity index (χ1n) is 9.32. The number of carbonyl (C=O) groups is 1. The lowest BCUT2D eigenvalue weighted by Gasteiger charge is -2.32. The molecule has 2 N–H and O–H groups in total. The van der Waals surface area contributed by atoms with Crippen LogP contribution in [0.2, 0.25) is 5.02 Å². The van der Waals surface area contributed by atoms with Gasteiger partial charge in [-0.05, 0) is 31.0 Å². The number of ether oxygens (including phenoxy) is 1. The van der Waals surface area contributed by atoms with Crippen molar-refractivity contribution in [1.82, 2.24) is 20.3 Å². The van der Waals surface area contributed by atoms with E-state index in [4.69, 9.17) is 16.3 Å². The number of rotatable bonds is 5. The van der Waals surface area contributed by atoms with Gasteiger partial charge in [0.2, 0.25) is 5.91 Å². The van der Waals surface area contributed by atoms with Crippen molar-refractivity contribution in [1.29, 1.82) is 0 Å². The Morgan fingerprint density at radius 3 is 2.89 bits per heavy atom. The van der Waals surface area contributed by atoms with Gasteiger partial charge in [-0.2, -0.15) is 0 Å². The van der Waals surface area contributed by atoms with Gasteiger partial charge in [0.05, 0.1) is 22.2 Å². The molecule has 3 heterocycles. The van der Waals surface area contributed by atoms with Crippen molar-refractivity contribution in [3.8, 4) is 11.4 Å². The molecule has 28 heavy (non-hydrogen) atoms. The third kappa shape index (κ3) is 3.95. The minimum absolute atomic E-state index is 0.0932. The minimum Gasteiger partial charge on any atom is -0.368 e. The van der Waals surface area contributed by atoms with Crippen LogP contribution in [0.4, 0.5) is 5.82 Å². The predicted molar refractivity (Wildman–Crippen MR) is 110 cm³/mol. The van der Waals surface area contributed by atoms with Gasteiger partial charge in [-0.25, -0.2) is 9.97 Å². The third-order valence-electron chi connectivity index (χ3n) is 4.98. The lowest BCUT2D eigenvalue weighted by Crippen LogP contribution is -2.38. The standard InChI is InChI=1S/C20H22ClN5O2/c1-22-19(27)12-28-13-6-8-26(9-7-13)18-10-14(15(21)11-23-18)20-24-16-4-2-3-5-17(16)25-20/h2-5,10-11,13H,6-9,12H2,1H3,(H,22,27)(H,24,25). The first-order valence-corrected chi connectivity index (χ1v) is 9.69. The summed E-state index contributed by atoms with van der Waals surface area (Å²) >= 11 is 6.41. The van der Waals surface area contributed by atoms with Gasteiger partial charge in [-0.1, -0.05) is 23.7 Å². The fourth-order valence-electron chi connectivity index (χ4n) is 3.38. The van der Waals surface area contributed by atoms with E-state index in [2.05, 4.69) is 25.2 Å². The van der Waals surface area contributed by atoms with Crippen LogP contribution in [0.15, 0.2) is 36.5 Å². The number of aromatic nitrogens is 3. The number of piperidine rings is 1. The Morgan fingerprint density at radius 2 is 2.14 bits per heavy atom. The lowest BCUT2D eigenvalue weighted by atomic mass is 10.1. The van der Waals surface area contributed by atoms with Gasteiger partial charge in [0, 0.05) is 31.9 Å². The number of anilines is 1. The van der Waals surface area contributed by atoms with E-state index in [9.17, 15) is 4.79 Å². The third-order valence-corrected chi connectivity index (χ3v) is 5.28. The van der Waals surface area contributed by atoms with Gasteiger partial charge in [-0.15, -0.1) is 0 Å². The van der Waals surface area contributed by atoms with E-state index in [-0.39, 0.29) is 18.6 Å². The summed E-state index contributed by atoms with van der Waals surface area (Å²) in [5.74, 6) is 1.50. The number of amides is 1. The Kier molecular flexibility index (Phi) is 5.45. The van der Waals surface area contributed by atoms with Crippen LogP contribution >= 0.6 is 11.6 Å². The molecule has 1 aliphatic rings. The molecule has 1 saturated heterocycles. The van der Waals surface area contributed by atoms with Gasteiger partial charge < -0.3 is 19.9 Å². The maximum Gasteiger partial charge on any atom is 0.245 e. The second-order valence-electron chi connectivity index (χ2n) is 6.80. The maximum atomic E-state index is 11.3. The monoisotopic (exact) mass is 399 g/mol. The van der Waals surface area contributed by atoms with Gasteiger partial charge in [0.25, 0.3) is 0 Å². The zero-order valence-corrected chi connectivity index (χ0v) is 16.4. The van der Waals surface area contributed by atoms with Crippen molar-refractivity contribution in [2.75, 3.05) is 31.6 Å². The van der Waals surface area contributed by atoms with E-state index in [1.165, 1.54) is 0 Å². The van der Waals surface area contributed by atoms with Crippen LogP contribution in [0.5, 0.6) is 0 Å². The predicted octanol–water partition coefficient (Wildman–Crippen LogP) is 3.01. The number of likely N-dealkylation sites (N-methyl/N-ethyl adjacent to an activating group) is 1. The first kappa shape index (κ1) is 18.7. The van der Waals surface area contributed by atoms with Crippen LogP contribution in [-0.2, 0) is 9.53 Å². The normalized spacial score (nSPS) is 15.1. The summed E-state index contributed by atoms with van der Waals surface area (Å²) in [6.45, 7) is 1.73. The molecule has 0 saturated carbocycles. The van der Waals surface area contributed by atoms with Crippen molar-refractivity contribution >= 4 is 34.4 Å². The molecule has 8 heteroatoms. The molecule has 1 aliphatic heterocycles. The van der Waals surface area contributed by atoms with Crippen LogP contribution in [0.25, 0.3) is 22.4 Å². The number of nitrogens with zero attached hydrogens (tertiary/aromatic N) is 3. The van der Waals surface area contributed by atoms with Crippen LogP contribution in [0.3, 0.4) is 0 Å². The average molecular weight is 400 g/mol. The second kappa shape index (κ2) is 8.16. The van der Waals surface area contributed by atoms with Crippen molar-refractivity contribution in [3.63, 3.8) is 0 Å². The molecule has 7 nitrogen and oxygen atoms in total. The molecule has 0 spiro atoms. The molecule has 4 rings (SSSR count). The largest absolute Gasteiger partial charge is 0.368 e. The Balaban J connectivity index is 1.48. The highest BCUT2D eigenvalue weighted by Gasteiger charge is 2.22. The number of hydrogen-bond acceptors (Lipinski definition) is 5. The Bertz CT molecular complexity index is 949. The number of pyridine rings is 1. The highest BCUT2D eigenvalue weighted by atomic mass is 35.5. The lowest BCUT2D eigenvalue weighted by molar-refractivity contribution is -0.127. The van der Waals surface area contributed by atoms with Crippen LogP contribution in [0, 0.1) is 0 Å². The molecule has 1 aromatic carbocycles. The van der Waals surface area contributed by atoms with Crippen molar-refractivity contribution in [2.45, 2.75) is 18.9 Å². The second-order valence-corrected chi connectivity index (χ2v) is 7.20. The van der Waals surface area contributed by atoms with E-state index in [1.807, 2.05) is 30.3 Å². The molecule has 0 atom stereocenters. The zero-order valence-electron chi connectivity index (χ0n) is 15.6. The Labute approximate surface area is 168 Å². The highest BCUT2D eigenvalue weighted by Crippen LogP contribution is 2.31. The number of aromatic amines is 1. The molecule has 146 valence electrons. The molecule has 0 radical (unpaired) electrons. The molecule has 3 aromatic rings. The molecular weight excluding hydrogens is 378 g/mol. The Morgan fingerprint density at radius 1 is 1.36 bits per heavy atom. The summed E-state index contributed by atoms with van der Waals surface area (Å²) in [4.78, 5) is 26.0. The summed E-state index contributed by atoms with van der Waals surface area (Å²) in [5.41, 5.74) is 2.71. The van der Waals surface area contributed by atoms with Crippen molar-refractivity contribution in [3.05, 3.63) is 41.6 Å². The van der Waals surface area contributed by atoms with E-state index >= 15 is 0 Å². The quantitative estimate of drug-likeness (QED) is 0.689. The van der Waals surface area contributed by atoms with Gasteiger partial charge in [-0.3, -0.25) is 4.79 Å². The summed E-state index contributed by atoms with van der Waals surface area (Å²) in [5, 5.41) is 3.13. The summed E-state index contributed by atoms with van der Waals surface area (Å²) in [6.07, 6.45) is 3.46. The van der Waals surface area contributed by atoms with Crippen LogP contribution in [-0.4, -0.2) is 53.7 Å². The van der Waals surface area contributed by atoms with Crippen LogP contribution < -0.4 is 10.2 Å². The molecule has 0 bridgehead atoms. The van der Waals surface area contributed by atoms with Crippen LogP contribution in [0.1, 0.15) is 12.8 Å². The number of benzene rings is 1. The first-order chi connectivity index (χ1) is 13.6. The van der Waals surface area contributed by atoms with Gasteiger partial charge in [0.15, 0.2) is 0 Å². The SMILES string of the molecule is CNC(=O)COC1CCN(c2cc(-c3nc4ccccc4[nH]3)c(Cl)cn2)CC1. The molecular formula is C20H22ClN5O2. The number of fused-ring (bicyclic) bond motifs is 1. The van der Waals surface area contributed by atoms with E-state index < -0.39 is 0 Å². The Hall–Kier alpha value is -2.64. The number of H-pyrrole nitrogens is 1. The van der Waals surface area contributed by atoms with Crippen molar-refractivity contribution in [2.24, 2.45) is 0 Å². The highest BCUT2D eigenvalue weighted by molar-refractivity contribution is 6.33. The summed E-state index contributed by atoms with van der Waals surface area (Å²) in [7, 11) is 1.61. The van der Waals surface area contributed by atoms with E-state index in [1.54, 1.807) is 13.2 Å². The fourth-order valence-corrected chi connectivity index (χ4v) is 3.57. The fraction of sp³-hybridized carbons (Fsp3) is 0.350. The number of para-hydroxylation sites is 2.